The molecule has 0 spiro atoms. The van der Waals surface area contributed by atoms with E-state index in [0.717, 1.165) is 0 Å². The van der Waals surface area contributed by atoms with Crippen molar-refractivity contribution in [3.8, 4) is 11.8 Å². The number of carboxylic acids is 1. The first-order valence-electron chi connectivity index (χ1n) is 7.96. The lowest BCUT2D eigenvalue weighted by Gasteiger charge is -2.10. The van der Waals surface area contributed by atoms with Gasteiger partial charge in [0.15, 0.2) is 0 Å². The van der Waals surface area contributed by atoms with Crippen LogP contribution in [0, 0.1) is 11.8 Å². The van der Waals surface area contributed by atoms with E-state index < -0.39 is 16.0 Å². The molecular weight excluding hydrogens is 374 g/mol. The molecule has 0 aliphatic rings. The van der Waals surface area contributed by atoms with E-state index in [1.807, 2.05) is 0 Å². The average molecular weight is 392 g/mol. The molecule has 26 heavy (non-hydrogen) atoms. The molecule has 0 amide bonds. The van der Waals surface area contributed by atoms with Crippen LogP contribution in [0.3, 0.4) is 0 Å². The molecule has 2 aromatic carbocycles. The van der Waals surface area contributed by atoms with Crippen molar-refractivity contribution in [2.24, 2.45) is 0 Å². The second kappa shape index (κ2) is 9.27. The predicted molar refractivity (Wildman–Crippen MR) is 102 cm³/mol. The Kier molecular flexibility index (Phi) is 7.07. The Morgan fingerprint density at radius 2 is 1.85 bits per heavy atom. The van der Waals surface area contributed by atoms with Crippen molar-refractivity contribution in [2.45, 2.75) is 30.6 Å². The van der Waals surface area contributed by atoms with Crippen molar-refractivity contribution in [2.75, 3.05) is 4.72 Å². The van der Waals surface area contributed by atoms with Crippen LogP contribution in [-0.2, 0) is 14.8 Å². The zero-order valence-corrected chi connectivity index (χ0v) is 15.5. The summed E-state index contributed by atoms with van der Waals surface area (Å²) in [7, 11) is -3.72. The number of nitrogens with one attached hydrogen (secondary N) is 1. The van der Waals surface area contributed by atoms with Crippen LogP contribution in [0.15, 0.2) is 53.4 Å². The molecule has 2 N–H and O–H groups in total. The second-order valence-electron chi connectivity index (χ2n) is 5.51. The van der Waals surface area contributed by atoms with Crippen molar-refractivity contribution >= 4 is 33.3 Å². The summed E-state index contributed by atoms with van der Waals surface area (Å²) in [5.41, 5.74) is 0.812. The van der Waals surface area contributed by atoms with Gasteiger partial charge in [0.25, 0.3) is 10.0 Å². The number of carboxylic acid groups (broad SMARTS) is 1. The molecule has 0 aromatic heterocycles. The van der Waals surface area contributed by atoms with Crippen molar-refractivity contribution in [3.05, 3.63) is 59.1 Å². The number of hydrogen-bond acceptors (Lipinski definition) is 3. The van der Waals surface area contributed by atoms with E-state index in [1.54, 1.807) is 36.4 Å². The summed E-state index contributed by atoms with van der Waals surface area (Å²) in [5.74, 6) is 5.01. The third-order valence-electron chi connectivity index (χ3n) is 3.44. The van der Waals surface area contributed by atoms with Gasteiger partial charge < -0.3 is 5.11 Å². The molecule has 0 atom stereocenters. The third-order valence-corrected chi connectivity index (χ3v) is 5.06. The van der Waals surface area contributed by atoms with Gasteiger partial charge in [-0.2, -0.15) is 0 Å². The molecule has 2 rings (SSSR count). The molecule has 0 heterocycles. The fourth-order valence-corrected chi connectivity index (χ4v) is 3.43. The van der Waals surface area contributed by atoms with Gasteiger partial charge in [-0.3, -0.25) is 9.52 Å². The summed E-state index contributed by atoms with van der Waals surface area (Å²) in [6.45, 7) is 0. The van der Waals surface area contributed by atoms with Crippen molar-refractivity contribution in [1.29, 1.82) is 0 Å². The van der Waals surface area contributed by atoms with E-state index in [2.05, 4.69) is 16.6 Å². The van der Waals surface area contributed by atoms with Gasteiger partial charge in [-0.05, 0) is 43.2 Å². The van der Waals surface area contributed by atoms with Crippen LogP contribution in [0.5, 0.6) is 0 Å². The zero-order valence-electron chi connectivity index (χ0n) is 13.9. The SMILES string of the molecule is O=C(O)CCCCC#Cc1cc(Cl)ccc1NS(=O)(=O)c1ccccc1. The maximum Gasteiger partial charge on any atom is 0.303 e. The van der Waals surface area contributed by atoms with Crippen molar-refractivity contribution < 1.29 is 18.3 Å². The molecule has 136 valence electrons. The Bertz CT molecular complexity index is 931. The monoisotopic (exact) mass is 391 g/mol. The van der Waals surface area contributed by atoms with Gasteiger partial charge in [0.1, 0.15) is 0 Å². The van der Waals surface area contributed by atoms with Crippen LogP contribution in [0.2, 0.25) is 5.02 Å². The van der Waals surface area contributed by atoms with Gasteiger partial charge in [0, 0.05) is 17.9 Å². The Hall–Kier alpha value is -2.49. The minimum absolute atomic E-state index is 0.112. The van der Waals surface area contributed by atoms with Crippen LogP contribution in [-0.4, -0.2) is 19.5 Å². The molecule has 5 nitrogen and oxygen atoms in total. The topological polar surface area (TPSA) is 83.5 Å². The Labute approximate surface area is 158 Å². The minimum Gasteiger partial charge on any atom is -0.481 e. The molecule has 0 saturated heterocycles. The van der Waals surface area contributed by atoms with Crippen molar-refractivity contribution in [3.63, 3.8) is 0 Å². The number of aliphatic carboxylic acids is 1. The molecular formula is C19H18ClNO4S. The van der Waals surface area contributed by atoms with Crippen LogP contribution >= 0.6 is 11.6 Å². The van der Waals surface area contributed by atoms with E-state index in [9.17, 15) is 13.2 Å². The third kappa shape index (κ3) is 6.10. The lowest BCUT2D eigenvalue weighted by Crippen LogP contribution is -2.13. The van der Waals surface area contributed by atoms with Crippen molar-refractivity contribution in [1.82, 2.24) is 0 Å². The standard InChI is InChI=1S/C19H18ClNO4S/c20-16-12-13-18(21-26(24,25)17-9-5-3-6-10-17)15(14-16)8-4-1-2-7-11-19(22)23/h3,5-6,9-10,12-14,21H,1-2,7,11H2,(H,22,23). The van der Waals surface area contributed by atoms with Crippen LogP contribution in [0.4, 0.5) is 5.69 Å². The number of benzene rings is 2. The fraction of sp³-hybridized carbons (Fsp3) is 0.211. The summed E-state index contributed by atoms with van der Waals surface area (Å²) >= 11 is 5.99. The van der Waals surface area contributed by atoms with Crippen LogP contribution in [0.1, 0.15) is 31.2 Å². The molecule has 0 saturated carbocycles. The van der Waals surface area contributed by atoms with E-state index in [-0.39, 0.29) is 11.3 Å². The number of hydrogen-bond donors (Lipinski definition) is 2. The van der Waals surface area contributed by atoms with E-state index >= 15 is 0 Å². The highest BCUT2D eigenvalue weighted by atomic mass is 35.5. The summed E-state index contributed by atoms with van der Waals surface area (Å²) in [6.07, 6.45) is 1.84. The van der Waals surface area contributed by atoms with Gasteiger partial charge in [-0.1, -0.05) is 41.6 Å². The molecule has 0 aliphatic carbocycles. The fourth-order valence-electron chi connectivity index (χ4n) is 2.16. The molecule has 0 radical (unpaired) electrons. The van der Waals surface area contributed by atoms with Gasteiger partial charge in [0.05, 0.1) is 16.1 Å². The summed E-state index contributed by atoms with van der Waals surface area (Å²) in [5, 5.41) is 9.05. The molecule has 2 aromatic rings. The Balaban J connectivity index is 2.14. The van der Waals surface area contributed by atoms with Crippen LogP contribution < -0.4 is 4.72 Å². The zero-order chi connectivity index (χ0) is 19.0. The second-order valence-corrected chi connectivity index (χ2v) is 7.63. The van der Waals surface area contributed by atoms with Gasteiger partial charge in [0.2, 0.25) is 0 Å². The number of sulfonamides is 1. The average Bonchev–Trinajstić information content (AvgIpc) is 2.60. The molecule has 0 bridgehead atoms. The largest absolute Gasteiger partial charge is 0.481 e. The highest BCUT2D eigenvalue weighted by molar-refractivity contribution is 7.92. The number of carbonyl (C=O) groups is 1. The van der Waals surface area contributed by atoms with Gasteiger partial charge in [-0.25, -0.2) is 8.42 Å². The number of rotatable bonds is 7. The molecule has 0 fully saturated rings. The maximum absolute atomic E-state index is 12.5. The quantitative estimate of drug-likeness (QED) is 0.549. The normalized spacial score (nSPS) is 10.7. The van der Waals surface area contributed by atoms with Gasteiger partial charge in [-0.15, -0.1) is 0 Å². The smallest absolute Gasteiger partial charge is 0.303 e. The van der Waals surface area contributed by atoms with Crippen LogP contribution in [0.25, 0.3) is 0 Å². The van der Waals surface area contributed by atoms with Gasteiger partial charge >= 0.3 is 5.97 Å². The number of halogens is 1. The highest BCUT2D eigenvalue weighted by Crippen LogP contribution is 2.23. The first-order chi connectivity index (χ1) is 12.4. The molecule has 7 heteroatoms. The highest BCUT2D eigenvalue weighted by Gasteiger charge is 2.15. The molecule has 0 aliphatic heterocycles. The predicted octanol–water partition coefficient (Wildman–Crippen LogP) is 4.14. The van der Waals surface area contributed by atoms with E-state index in [1.165, 1.54) is 12.1 Å². The Morgan fingerprint density at radius 1 is 1.12 bits per heavy atom. The summed E-state index contributed by atoms with van der Waals surface area (Å²) < 4.78 is 27.5. The summed E-state index contributed by atoms with van der Waals surface area (Å²) in [4.78, 5) is 10.6. The lowest BCUT2D eigenvalue weighted by molar-refractivity contribution is -0.137. The maximum atomic E-state index is 12.5. The first kappa shape index (κ1) is 19.8. The summed E-state index contributed by atoms with van der Waals surface area (Å²) in [6, 6.07) is 12.8. The number of unbranched alkanes of at least 4 members (excludes halogenated alkanes) is 2. The molecule has 0 unspecified atom stereocenters. The lowest BCUT2D eigenvalue weighted by atomic mass is 10.1. The minimum atomic E-state index is -3.72. The Morgan fingerprint density at radius 3 is 2.54 bits per heavy atom. The number of anilines is 1. The van der Waals surface area contributed by atoms with E-state index in [4.69, 9.17) is 16.7 Å². The first-order valence-corrected chi connectivity index (χ1v) is 9.83. The van der Waals surface area contributed by atoms with E-state index in [0.29, 0.717) is 35.5 Å².